The zero-order chi connectivity index (χ0) is 26.4. The number of aromatic nitrogens is 1. The van der Waals surface area contributed by atoms with Crippen molar-refractivity contribution in [2.45, 2.75) is 27.2 Å². The first-order chi connectivity index (χ1) is 16.9. The molecule has 2 aromatic rings. The zero-order valence-electron chi connectivity index (χ0n) is 20.6. The van der Waals surface area contributed by atoms with E-state index < -0.39 is 5.91 Å². The van der Waals surface area contributed by atoms with Crippen molar-refractivity contribution in [3.8, 4) is 0 Å². The van der Waals surface area contributed by atoms with Crippen LogP contribution in [0.3, 0.4) is 0 Å². The number of nitrogens with zero attached hydrogens (tertiary/aromatic N) is 2. The summed E-state index contributed by atoms with van der Waals surface area (Å²) in [5, 5.41) is 0. The van der Waals surface area contributed by atoms with Crippen LogP contribution in [0.2, 0.25) is 0 Å². The average Bonchev–Trinajstić information content (AvgIpc) is 3.60. The minimum absolute atomic E-state index is 0.0373. The lowest BCUT2D eigenvalue weighted by molar-refractivity contribution is -0.116. The number of hydrogen-bond acceptors (Lipinski definition) is 7. The highest BCUT2D eigenvalue weighted by Gasteiger charge is 2.47. The number of thiol groups is 2. The van der Waals surface area contributed by atoms with Gasteiger partial charge in [-0.15, -0.1) is 23.3 Å². The molecule has 1 fully saturated rings. The molecule has 3 unspecified atom stereocenters. The third-order valence-corrected chi connectivity index (χ3v) is 5.69. The van der Waals surface area contributed by atoms with Crippen molar-refractivity contribution in [3.05, 3.63) is 83.2 Å². The van der Waals surface area contributed by atoms with Crippen molar-refractivity contribution >= 4 is 40.8 Å². The summed E-state index contributed by atoms with van der Waals surface area (Å²) >= 11 is 6.44. The number of rotatable bonds is 5. The fourth-order valence-corrected chi connectivity index (χ4v) is 3.81. The van der Waals surface area contributed by atoms with Crippen LogP contribution in [0.5, 0.6) is 0 Å². The summed E-state index contributed by atoms with van der Waals surface area (Å²) in [6, 6.07) is 12.4. The second-order valence-electron chi connectivity index (χ2n) is 7.78. The van der Waals surface area contributed by atoms with Gasteiger partial charge in [0.1, 0.15) is 5.69 Å². The number of anilines is 1. The predicted molar refractivity (Wildman–Crippen MR) is 154 cm³/mol. The number of carbonyl (C=O) groups is 1. The summed E-state index contributed by atoms with van der Waals surface area (Å²) in [7, 11) is 0. The summed E-state index contributed by atoms with van der Waals surface area (Å²) < 4.78 is 0. The van der Waals surface area contributed by atoms with Gasteiger partial charge >= 0.3 is 0 Å². The largest absolute Gasteiger partial charge is 0.398 e. The molecule has 0 spiro atoms. The molecule has 9 heteroatoms. The van der Waals surface area contributed by atoms with E-state index in [1.807, 2.05) is 13.8 Å². The van der Waals surface area contributed by atoms with E-state index in [2.05, 4.69) is 81.9 Å². The molecule has 3 atom stereocenters. The number of nitrogen functional groups attached to an aromatic ring is 1. The SMILES string of the molecule is CC.Cc1c(N)ccnc1C(N)=NC(=O)CN.NCC1=CC2C(C=C1)C2Cc1ccccc1.SS. The third kappa shape index (κ3) is 9.18. The van der Waals surface area contributed by atoms with Crippen LogP contribution in [-0.4, -0.2) is 29.8 Å². The molecular weight excluding hydrogens is 476 g/mol. The number of aliphatic imine (C=N–C) groups is 1. The fraction of sp³-hybridized carbons (Fsp3) is 0.346. The van der Waals surface area contributed by atoms with Crippen molar-refractivity contribution in [2.75, 3.05) is 18.8 Å². The van der Waals surface area contributed by atoms with Crippen LogP contribution in [-0.2, 0) is 11.2 Å². The zero-order valence-corrected chi connectivity index (χ0v) is 22.4. The second-order valence-corrected chi connectivity index (χ2v) is 7.78. The topological polar surface area (TPSA) is 146 Å². The van der Waals surface area contributed by atoms with Gasteiger partial charge in [0.05, 0.1) is 6.54 Å². The van der Waals surface area contributed by atoms with E-state index in [1.165, 1.54) is 23.8 Å². The molecule has 0 bridgehead atoms. The molecule has 1 aromatic heterocycles. The fourth-order valence-electron chi connectivity index (χ4n) is 3.81. The molecule has 1 saturated carbocycles. The second kappa shape index (κ2) is 16.1. The Morgan fingerprint density at radius 2 is 1.74 bits per heavy atom. The van der Waals surface area contributed by atoms with Crippen LogP contribution >= 0.6 is 23.3 Å². The van der Waals surface area contributed by atoms with Gasteiger partial charge in [-0.3, -0.25) is 9.78 Å². The lowest BCUT2D eigenvalue weighted by atomic mass is 10.1. The summed E-state index contributed by atoms with van der Waals surface area (Å²) in [4.78, 5) is 18.5. The van der Waals surface area contributed by atoms with Gasteiger partial charge in [-0.05, 0) is 48.3 Å². The standard InChI is InChI=1S/C15H17N.C9H13N5O.C2H6.H2S2/c16-10-12-6-7-13-14(15(13)9-12)8-11-4-2-1-3-5-11;1-5-6(11)2-3-13-8(5)9(12)14-7(15)4-10;2*1-2/h1-7,9,13-15H,8,10,16H2;2-3H,4,10H2,1H3,(H2,11,13)(H2,12,14,15);1-2H3;1-2H. The van der Waals surface area contributed by atoms with Gasteiger partial charge in [-0.2, -0.15) is 4.99 Å². The molecular formula is C26H38N6OS2. The van der Waals surface area contributed by atoms with Crippen molar-refractivity contribution < 1.29 is 4.79 Å². The summed E-state index contributed by atoms with van der Waals surface area (Å²) in [6.45, 7) is 6.26. The lowest BCUT2D eigenvalue weighted by Crippen LogP contribution is -2.22. The molecule has 8 N–H and O–H groups in total. The Bertz CT molecular complexity index is 1020. The average molecular weight is 515 g/mol. The first-order valence-electron chi connectivity index (χ1n) is 11.6. The lowest BCUT2D eigenvalue weighted by Gasteiger charge is -2.05. The van der Waals surface area contributed by atoms with E-state index in [1.54, 1.807) is 13.0 Å². The Morgan fingerprint density at radius 1 is 1.09 bits per heavy atom. The maximum Gasteiger partial charge on any atom is 0.261 e. The molecule has 7 nitrogen and oxygen atoms in total. The normalized spacial score (nSPS) is 19.3. The molecule has 1 aromatic carbocycles. The predicted octanol–water partition coefficient (Wildman–Crippen LogP) is 3.50. The number of carbonyl (C=O) groups excluding carboxylic acids is 1. The molecule has 2 aliphatic rings. The summed E-state index contributed by atoms with van der Waals surface area (Å²) in [5.74, 6) is 1.88. The summed E-state index contributed by atoms with van der Waals surface area (Å²) in [6.07, 6.45) is 9.63. The molecule has 35 heavy (non-hydrogen) atoms. The first-order valence-corrected chi connectivity index (χ1v) is 13.2. The van der Waals surface area contributed by atoms with Crippen LogP contribution < -0.4 is 22.9 Å². The number of pyridine rings is 1. The van der Waals surface area contributed by atoms with Crippen LogP contribution in [0.15, 0.2) is 71.4 Å². The first kappa shape index (κ1) is 30.4. The number of fused-ring (bicyclic) bond motifs is 1. The third-order valence-electron chi connectivity index (χ3n) is 5.69. The molecule has 0 aliphatic heterocycles. The molecule has 0 radical (unpaired) electrons. The number of amides is 1. The molecule has 1 heterocycles. The van der Waals surface area contributed by atoms with Crippen LogP contribution in [0.1, 0.15) is 30.7 Å². The number of benzene rings is 1. The monoisotopic (exact) mass is 514 g/mol. The van der Waals surface area contributed by atoms with E-state index in [9.17, 15) is 4.79 Å². The van der Waals surface area contributed by atoms with Crippen LogP contribution in [0.4, 0.5) is 5.69 Å². The number of hydrogen-bond donors (Lipinski definition) is 6. The molecule has 190 valence electrons. The maximum atomic E-state index is 10.9. The van der Waals surface area contributed by atoms with E-state index in [4.69, 9.17) is 22.9 Å². The van der Waals surface area contributed by atoms with E-state index >= 15 is 0 Å². The van der Waals surface area contributed by atoms with Gasteiger partial charge in [0.2, 0.25) is 0 Å². The smallest absolute Gasteiger partial charge is 0.261 e. The highest BCUT2D eigenvalue weighted by atomic mass is 33.1. The molecule has 2 aliphatic carbocycles. The maximum absolute atomic E-state index is 10.9. The van der Waals surface area contributed by atoms with E-state index in [0.29, 0.717) is 23.5 Å². The Hall–Kier alpha value is -2.59. The number of allylic oxidation sites excluding steroid dienone is 2. The Balaban J connectivity index is 0.000000308. The highest BCUT2D eigenvalue weighted by Crippen LogP contribution is 2.52. The molecule has 0 saturated heterocycles. The highest BCUT2D eigenvalue weighted by molar-refractivity contribution is 8.59. The summed E-state index contributed by atoms with van der Waals surface area (Å²) in [5.41, 5.74) is 26.5. The van der Waals surface area contributed by atoms with E-state index in [-0.39, 0.29) is 12.4 Å². The minimum Gasteiger partial charge on any atom is -0.398 e. The van der Waals surface area contributed by atoms with Gasteiger partial charge < -0.3 is 22.9 Å². The Labute approximate surface area is 219 Å². The van der Waals surface area contributed by atoms with Crippen molar-refractivity contribution in [1.29, 1.82) is 0 Å². The van der Waals surface area contributed by atoms with Gasteiger partial charge in [0.15, 0.2) is 5.84 Å². The van der Waals surface area contributed by atoms with Gasteiger partial charge in [0, 0.05) is 24.0 Å². The van der Waals surface area contributed by atoms with Crippen LogP contribution in [0.25, 0.3) is 0 Å². The Morgan fingerprint density at radius 3 is 2.34 bits per heavy atom. The van der Waals surface area contributed by atoms with Gasteiger partial charge in [-0.25, -0.2) is 0 Å². The van der Waals surface area contributed by atoms with Gasteiger partial charge in [-0.1, -0.05) is 62.4 Å². The molecule has 4 rings (SSSR count). The van der Waals surface area contributed by atoms with Gasteiger partial charge in [0.25, 0.3) is 5.91 Å². The van der Waals surface area contributed by atoms with Crippen molar-refractivity contribution in [1.82, 2.24) is 4.98 Å². The van der Waals surface area contributed by atoms with Crippen LogP contribution in [0, 0.1) is 24.7 Å². The van der Waals surface area contributed by atoms with Crippen molar-refractivity contribution in [2.24, 2.45) is 39.9 Å². The number of amidine groups is 1. The quantitative estimate of drug-likeness (QED) is 0.156. The minimum atomic E-state index is -0.490. The molecule has 1 amide bonds. The van der Waals surface area contributed by atoms with E-state index in [0.717, 1.165) is 17.8 Å². The Kier molecular flexibility index (Phi) is 14.0. The number of nitrogens with two attached hydrogens (primary N) is 4. The van der Waals surface area contributed by atoms with Crippen molar-refractivity contribution in [3.63, 3.8) is 0 Å².